The maximum atomic E-state index is 12.0. The van der Waals surface area contributed by atoms with Gasteiger partial charge in [-0.1, -0.05) is 0 Å². The number of aromatic nitrogens is 1. The van der Waals surface area contributed by atoms with Crippen LogP contribution in [0.5, 0.6) is 0 Å². The predicted molar refractivity (Wildman–Crippen MR) is 65.5 cm³/mol. The summed E-state index contributed by atoms with van der Waals surface area (Å²) >= 11 is 4.05. The lowest BCUT2D eigenvalue weighted by atomic mass is 10.2. The number of amides is 1. The summed E-state index contributed by atoms with van der Waals surface area (Å²) in [7, 11) is -3.73. The molecule has 0 bridgehead atoms. The first kappa shape index (κ1) is 12.4. The number of hydrogen-bond acceptors (Lipinski definition) is 5. The summed E-state index contributed by atoms with van der Waals surface area (Å²) in [6.07, 6.45) is 2.76. The summed E-state index contributed by atoms with van der Waals surface area (Å²) in [6.45, 7) is 0.193. The Morgan fingerprint density at radius 1 is 1.35 bits per heavy atom. The molecular weight excluding hydrogens is 260 g/mol. The average Bonchev–Trinajstić information content (AvgIpc) is 2.51. The van der Waals surface area contributed by atoms with Gasteiger partial charge in [0.25, 0.3) is 15.9 Å². The third kappa shape index (κ3) is 2.04. The van der Waals surface area contributed by atoms with E-state index in [1.54, 1.807) is 6.07 Å². The molecule has 92 valence electrons. The van der Waals surface area contributed by atoms with Crippen molar-refractivity contribution in [2.75, 3.05) is 12.3 Å². The van der Waals surface area contributed by atoms with Crippen molar-refractivity contribution in [3.05, 3.63) is 23.9 Å². The van der Waals surface area contributed by atoms with Gasteiger partial charge in [0.05, 0.1) is 5.56 Å². The van der Waals surface area contributed by atoms with Crippen LogP contribution in [0, 0.1) is 0 Å². The van der Waals surface area contributed by atoms with Crippen LogP contribution in [0.1, 0.15) is 23.2 Å². The zero-order valence-electron chi connectivity index (χ0n) is 9.04. The monoisotopic (exact) mass is 272 g/mol. The molecule has 0 spiro atoms. The van der Waals surface area contributed by atoms with Crippen LogP contribution in [0.2, 0.25) is 0 Å². The molecular formula is C10H12N2O3S2. The van der Waals surface area contributed by atoms with Crippen LogP contribution in [0.25, 0.3) is 0 Å². The highest BCUT2D eigenvalue weighted by atomic mass is 32.2. The average molecular weight is 272 g/mol. The van der Waals surface area contributed by atoms with E-state index in [1.807, 2.05) is 0 Å². The molecule has 2 rings (SSSR count). The molecule has 0 aromatic carbocycles. The van der Waals surface area contributed by atoms with Gasteiger partial charge in [-0.2, -0.15) is 21.0 Å². The molecule has 1 aliphatic heterocycles. The van der Waals surface area contributed by atoms with Gasteiger partial charge in [0.1, 0.15) is 0 Å². The van der Waals surface area contributed by atoms with Crippen molar-refractivity contribution in [1.82, 2.24) is 9.29 Å². The lowest BCUT2D eigenvalue weighted by Gasteiger charge is -2.13. The van der Waals surface area contributed by atoms with Gasteiger partial charge < -0.3 is 0 Å². The number of pyridine rings is 1. The van der Waals surface area contributed by atoms with Crippen molar-refractivity contribution < 1.29 is 13.2 Å². The van der Waals surface area contributed by atoms with Crippen molar-refractivity contribution in [2.24, 2.45) is 0 Å². The minimum atomic E-state index is -3.73. The first-order valence-electron chi connectivity index (χ1n) is 5.22. The molecule has 1 aromatic heterocycles. The highest BCUT2D eigenvalue weighted by Crippen LogP contribution is 2.28. The van der Waals surface area contributed by atoms with E-state index >= 15 is 0 Å². The minimum absolute atomic E-state index is 0.129. The number of carbonyl (C=O) groups is 1. The van der Waals surface area contributed by atoms with Gasteiger partial charge in [0.2, 0.25) is 0 Å². The Labute approximate surface area is 105 Å². The van der Waals surface area contributed by atoms with E-state index in [-0.39, 0.29) is 17.1 Å². The van der Waals surface area contributed by atoms with E-state index in [4.69, 9.17) is 0 Å². The van der Waals surface area contributed by atoms with Crippen molar-refractivity contribution in [3.63, 3.8) is 0 Å². The van der Waals surface area contributed by atoms with Crippen LogP contribution in [0.4, 0.5) is 0 Å². The summed E-state index contributed by atoms with van der Waals surface area (Å²) in [6, 6.07) is 3.05. The fourth-order valence-corrected chi connectivity index (χ4v) is 3.44. The van der Waals surface area contributed by atoms with E-state index in [0.29, 0.717) is 12.2 Å². The first-order chi connectivity index (χ1) is 8.09. The molecule has 0 atom stereocenters. The Bertz CT molecular complexity index is 542. The van der Waals surface area contributed by atoms with Gasteiger partial charge >= 0.3 is 0 Å². The van der Waals surface area contributed by atoms with Crippen LogP contribution in [-0.4, -0.2) is 35.9 Å². The number of hydrogen-bond donors (Lipinski definition) is 1. The summed E-state index contributed by atoms with van der Waals surface area (Å²) in [5.41, 5.74) is 0.165. The largest absolute Gasteiger partial charge is 0.285 e. The Morgan fingerprint density at radius 3 is 2.76 bits per heavy atom. The van der Waals surface area contributed by atoms with Gasteiger partial charge in [-0.25, -0.2) is 9.29 Å². The Kier molecular flexibility index (Phi) is 3.39. The highest BCUT2D eigenvalue weighted by Gasteiger charge is 2.41. The number of fused-ring (bicyclic) bond motifs is 1. The SMILES string of the molecule is O=C1c2cccnc2S(=O)(=O)N1CCCCS. The van der Waals surface area contributed by atoms with E-state index in [1.165, 1.54) is 12.3 Å². The number of unbranched alkanes of at least 4 members (excludes halogenated alkanes) is 1. The Morgan fingerprint density at radius 2 is 2.12 bits per heavy atom. The lowest BCUT2D eigenvalue weighted by Crippen LogP contribution is -2.31. The second-order valence-electron chi connectivity index (χ2n) is 3.67. The molecule has 2 heterocycles. The van der Waals surface area contributed by atoms with Crippen molar-refractivity contribution >= 4 is 28.6 Å². The van der Waals surface area contributed by atoms with E-state index in [2.05, 4.69) is 17.6 Å². The van der Waals surface area contributed by atoms with Crippen LogP contribution in [-0.2, 0) is 10.0 Å². The molecule has 7 heteroatoms. The number of nitrogens with zero attached hydrogens (tertiary/aromatic N) is 2. The second-order valence-corrected chi connectivity index (χ2v) is 5.89. The molecule has 1 amide bonds. The molecule has 1 aromatic rings. The summed E-state index contributed by atoms with van der Waals surface area (Å²) < 4.78 is 24.9. The van der Waals surface area contributed by atoms with Gasteiger partial charge in [0.15, 0.2) is 5.03 Å². The van der Waals surface area contributed by atoms with Crippen LogP contribution >= 0.6 is 12.6 Å². The molecule has 0 fully saturated rings. The summed E-state index contributed by atoms with van der Waals surface area (Å²) in [5, 5.41) is -0.129. The first-order valence-corrected chi connectivity index (χ1v) is 7.29. The van der Waals surface area contributed by atoms with Crippen molar-refractivity contribution in [2.45, 2.75) is 17.9 Å². The highest BCUT2D eigenvalue weighted by molar-refractivity contribution is 7.90. The molecule has 0 saturated carbocycles. The van der Waals surface area contributed by atoms with Crippen molar-refractivity contribution in [3.8, 4) is 0 Å². The third-order valence-electron chi connectivity index (χ3n) is 2.53. The maximum absolute atomic E-state index is 12.0. The number of sulfonamides is 1. The molecule has 5 nitrogen and oxygen atoms in total. The predicted octanol–water partition coefficient (Wildman–Crippen LogP) is 0.936. The van der Waals surface area contributed by atoms with Gasteiger partial charge in [-0.05, 0) is 30.7 Å². The molecule has 0 radical (unpaired) electrons. The second kappa shape index (κ2) is 4.66. The smallest absolute Gasteiger partial charge is 0.268 e. The zero-order valence-corrected chi connectivity index (χ0v) is 10.7. The van der Waals surface area contributed by atoms with E-state index in [9.17, 15) is 13.2 Å². The van der Waals surface area contributed by atoms with Gasteiger partial charge in [0, 0.05) is 12.7 Å². The fourth-order valence-electron chi connectivity index (χ4n) is 1.70. The third-order valence-corrected chi connectivity index (χ3v) is 4.59. The normalized spacial score (nSPS) is 17.2. The fraction of sp³-hybridized carbons (Fsp3) is 0.400. The maximum Gasteiger partial charge on any atom is 0.285 e. The minimum Gasteiger partial charge on any atom is -0.268 e. The molecule has 0 aliphatic carbocycles. The standard InChI is InChI=1S/C10H12N2O3S2/c13-10-8-4-3-5-11-9(8)17(14,15)12(10)6-1-2-7-16/h3-5,16H,1-2,6-7H2. The zero-order chi connectivity index (χ0) is 12.5. The van der Waals surface area contributed by atoms with E-state index in [0.717, 1.165) is 10.7 Å². The van der Waals surface area contributed by atoms with Crippen LogP contribution in [0.15, 0.2) is 23.4 Å². The Hall–Kier alpha value is -1.08. The lowest BCUT2D eigenvalue weighted by molar-refractivity contribution is 0.0870. The van der Waals surface area contributed by atoms with Gasteiger partial charge in [-0.15, -0.1) is 0 Å². The summed E-state index contributed by atoms with van der Waals surface area (Å²) in [5.74, 6) is 0.195. The van der Waals surface area contributed by atoms with Gasteiger partial charge in [-0.3, -0.25) is 4.79 Å². The molecule has 0 saturated heterocycles. The molecule has 1 aliphatic rings. The molecule has 17 heavy (non-hydrogen) atoms. The van der Waals surface area contributed by atoms with Crippen LogP contribution < -0.4 is 0 Å². The number of carbonyl (C=O) groups excluding carboxylic acids is 1. The topological polar surface area (TPSA) is 67.3 Å². The number of rotatable bonds is 4. The van der Waals surface area contributed by atoms with Crippen molar-refractivity contribution in [1.29, 1.82) is 0 Å². The molecule has 0 unspecified atom stereocenters. The molecule has 0 N–H and O–H groups in total. The summed E-state index contributed by atoms with van der Waals surface area (Å²) in [4.78, 5) is 15.7. The Balaban J connectivity index is 2.31. The quantitative estimate of drug-likeness (QED) is 0.654. The van der Waals surface area contributed by atoms with Crippen LogP contribution in [0.3, 0.4) is 0 Å². The van der Waals surface area contributed by atoms with E-state index < -0.39 is 15.9 Å². The number of thiol groups is 1.